The molecule has 1 fully saturated rings. The molecule has 3 heterocycles. The number of ether oxygens (including phenoxy) is 1. The Hall–Kier alpha value is -2.07. The van der Waals surface area contributed by atoms with Crippen molar-refractivity contribution in [1.82, 2.24) is 9.88 Å². The molecule has 4 heteroatoms. The molecule has 1 N–H and O–H groups in total. The molecule has 0 bridgehead atoms. The second-order valence-electron chi connectivity index (χ2n) is 7.65. The normalized spacial score (nSPS) is 28.7. The number of aromatic nitrogens is 1. The maximum absolute atomic E-state index is 12.3. The number of methoxy groups -OCH3 is 1. The molecule has 130 valence electrons. The fraction of sp³-hybridized carbons (Fsp3) is 0.476. The van der Waals surface area contributed by atoms with E-state index in [9.17, 15) is 4.79 Å². The van der Waals surface area contributed by atoms with E-state index in [0.29, 0.717) is 17.9 Å². The number of para-hydroxylation sites is 1. The van der Waals surface area contributed by atoms with E-state index in [1.807, 2.05) is 0 Å². The van der Waals surface area contributed by atoms with Crippen molar-refractivity contribution in [2.24, 2.45) is 11.8 Å². The number of hydrogen-bond acceptors (Lipinski definition) is 3. The van der Waals surface area contributed by atoms with Crippen molar-refractivity contribution in [2.45, 2.75) is 31.7 Å². The lowest BCUT2D eigenvalue weighted by atomic mass is 9.70. The first-order chi connectivity index (χ1) is 12.3. The zero-order valence-corrected chi connectivity index (χ0v) is 14.6. The summed E-state index contributed by atoms with van der Waals surface area (Å²) in [5.41, 5.74) is 5.01. The van der Waals surface area contributed by atoms with Crippen LogP contribution in [0.3, 0.4) is 0 Å². The Kier molecular flexibility index (Phi) is 3.49. The maximum atomic E-state index is 12.3. The number of nitrogens with one attached hydrogen (secondary N) is 1. The second-order valence-corrected chi connectivity index (χ2v) is 7.65. The van der Waals surface area contributed by atoms with Crippen LogP contribution in [-0.2, 0) is 16.0 Å². The third-order valence-corrected chi connectivity index (χ3v) is 6.51. The average Bonchev–Trinajstić information content (AvgIpc) is 3.04. The highest BCUT2D eigenvalue weighted by atomic mass is 16.5. The molecule has 1 saturated heterocycles. The van der Waals surface area contributed by atoms with Gasteiger partial charge in [0.1, 0.15) is 0 Å². The first kappa shape index (κ1) is 15.2. The molecule has 2 aromatic rings. The van der Waals surface area contributed by atoms with Crippen LogP contribution in [0, 0.1) is 11.8 Å². The van der Waals surface area contributed by atoms with Gasteiger partial charge in [-0.1, -0.05) is 24.3 Å². The molecule has 0 saturated carbocycles. The summed E-state index contributed by atoms with van der Waals surface area (Å²) in [4.78, 5) is 18.6. The predicted octanol–water partition coefficient (Wildman–Crippen LogP) is 3.60. The third kappa shape index (κ3) is 2.27. The third-order valence-electron chi connectivity index (χ3n) is 6.51. The van der Waals surface area contributed by atoms with Gasteiger partial charge in [0.25, 0.3) is 0 Å². The number of aromatic amines is 1. The van der Waals surface area contributed by atoms with Crippen molar-refractivity contribution in [1.29, 1.82) is 0 Å². The summed E-state index contributed by atoms with van der Waals surface area (Å²) in [5.74, 6) is 0.789. The van der Waals surface area contributed by atoms with Crippen molar-refractivity contribution in [2.75, 3.05) is 20.2 Å². The number of nitrogens with zero attached hydrogens (tertiary/aromatic N) is 1. The zero-order valence-electron chi connectivity index (χ0n) is 14.6. The molecule has 3 aliphatic rings. The van der Waals surface area contributed by atoms with Crippen LogP contribution in [0.2, 0.25) is 0 Å². The molecule has 0 spiro atoms. The monoisotopic (exact) mass is 336 g/mol. The van der Waals surface area contributed by atoms with Crippen LogP contribution in [0.1, 0.15) is 36.6 Å². The van der Waals surface area contributed by atoms with E-state index in [1.54, 1.807) is 0 Å². The summed E-state index contributed by atoms with van der Waals surface area (Å²) < 4.78 is 5.06. The fourth-order valence-electron chi connectivity index (χ4n) is 5.35. The van der Waals surface area contributed by atoms with Crippen LogP contribution in [0.25, 0.3) is 10.9 Å². The number of piperidine rings is 1. The maximum Gasteiger partial charge on any atom is 0.333 e. The van der Waals surface area contributed by atoms with Crippen molar-refractivity contribution >= 4 is 16.9 Å². The smallest absolute Gasteiger partial charge is 0.333 e. The number of carbonyl (C=O) groups is 1. The van der Waals surface area contributed by atoms with Gasteiger partial charge in [0, 0.05) is 35.3 Å². The van der Waals surface area contributed by atoms with Crippen LogP contribution in [0.15, 0.2) is 35.9 Å². The summed E-state index contributed by atoms with van der Waals surface area (Å²) in [6.45, 7) is 2.22. The Morgan fingerprint density at radius 3 is 3.08 bits per heavy atom. The SMILES string of the molecule is COC(=O)C1=CCC[C@H]2CN3CCc4c([nH]c5ccccc45)[C@H]3C[C@@H]12. The van der Waals surface area contributed by atoms with Gasteiger partial charge >= 0.3 is 5.97 Å². The van der Waals surface area contributed by atoms with Crippen LogP contribution in [-0.4, -0.2) is 36.1 Å². The van der Waals surface area contributed by atoms with Gasteiger partial charge in [0.2, 0.25) is 0 Å². The number of carbonyl (C=O) groups excluding carboxylic acids is 1. The highest BCUT2D eigenvalue weighted by Gasteiger charge is 2.43. The van der Waals surface area contributed by atoms with Gasteiger partial charge in [0.15, 0.2) is 0 Å². The van der Waals surface area contributed by atoms with Crippen molar-refractivity contribution in [3.05, 3.63) is 47.2 Å². The topological polar surface area (TPSA) is 45.3 Å². The number of rotatable bonds is 1. The zero-order chi connectivity index (χ0) is 17.0. The van der Waals surface area contributed by atoms with E-state index < -0.39 is 0 Å². The van der Waals surface area contributed by atoms with Gasteiger partial charge in [-0.15, -0.1) is 0 Å². The standard InChI is InChI=1S/C21H24N2O2/c1-25-21(24)16-7-4-5-13-12-23-10-9-15-14-6-2-3-8-18(14)22-20(15)19(23)11-17(13)16/h2-3,6-8,13,17,19,22H,4-5,9-12H2,1H3/t13-,17+,19+/m0/s1. The van der Waals surface area contributed by atoms with Crippen molar-refractivity contribution in [3.63, 3.8) is 0 Å². The molecular weight excluding hydrogens is 312 g/mol. The Bertz CT molecular complexity index is 866. The molecule has 4 nitrogen and oxygen atoms in total. The first-order valence-corrected chi connectivity index (χ1v) is 9.38. The minimum absolute atomic E-state index is 0.129. The predicted molar refractivity (Wildman–Crippen MR) is 97.2 cm³/mol. The van der Waals surface area contributed by atoms with E-state index in [-0.39, 0.29) is 5.97 Å². The minimum atomic E-state index is -0.129. The quantitative estimate of drug-likeness (QED) is 0.810. The number of hydrogen-bond donors (Lipinski definition) is 1. The van der Waals surface area contributed by atoms with E-state index in [4.69, 9.17) is 4.74 Å². The van der Waals surface area contributed by atoms with E-state index in [2.05, 4.69) is 40.2 Å². The van der Waals surface area contributed by atoms with Crippen molar-refractivity contribution < 1.29 is 9.53 Å². The number of allylic oxidation sites excluding steroid dienone is 1. The Balaban J connectivity index is 1.54. The fourth-order valence-corrected chi connectivity index (χ4v) is 5.35. The lowest BCUT2D eigenvalue weighted by molar-refractivity contribution is -0.137. The first-order valence-electron chi connectivity index (χ1n) is 9.38. The molecule has 25 heavy (non-hydrogen) atoms. The molecule has 0 radical (unpaired) electrons. The molecular formula is C21H24N2O2. The molecule has 3 atom stereocenters. The summed E-state index contributed by atoms with van der Waals surface area (Å²) in [6.07, 6.45) is 6.45. The van der Waals surface area contributed by atoms with E-state index in [0.717, 1.165) is 37.9 Å². The highest BCUT2D eigenvalue weighted by Crippen LogP contribution is 2.47. The van der Waals surface area contributed by atoms with Crippen molar-refractivity contribution in [3.8, 4) is 0 Å². The lowest BCUT2D eigenvalue weighted by Gasteiger charge is -2.47. The van der Waals surface area contributed by atoms with Gasteiger partial charge < -0.3 is 9.72 Å². The van der Waals surface area contributed by atoms with Gasteiger partial charge in [0.05, 0.1) is 13.2 Å². The molecule has 0 amide bonds. The highest BCUT2D eigenvalue weighted by molar-refractivity contribution is 5.89. The molecule has 0 unspecified atom stereocenters. The Labute approximate surface area is 147 Å². The van der Waals surface area contributed by atoms with Crippen LogP contribution in [0.4, 0.5) is 0 Å². The molecule has 1 aromatic carbocycles. The summed E-state index contributed by atoms with van der Waals surface area (Å²) in [5, 5.41) is 1.37. The number of benzene rings is 1. The van der Waals surface area contributed by atoms with Gasteiger partial charge in [-0.3, -0.25) is 4.90 Å². The minimum Gasteiger partial charge on any atom is -0.466 e. The van der Waals surface area contributed by atoms with E-state index >= 15 is 0 Å². The molecule has 2 aliphatic heterocycles. The Morgan fingerprint density at radius 2 is 2.20 bits per heavy atom. The summed E-state index contributed by atoms with van der Waals surface area (Å²) >= 11 is 0. The summed E-state index contributed by atoms with van der Waals surface area (Å²) in [7, 11) is 1.50. The molecule has 1 aliphatic carbocycles. The number of esters is 1. The molecule has 1 aromatic heterocycles. The van der Waals surface area contributed by atoms with Gasteiger partial charge in [-0.2, -0.15) is 0 Å². The molecule has 5 rings (SSSR count). The van der Waals surface area contributed by atoms with E-state index in [1.165, 1.54) is 35.7 Å². The van der Waals surface area contributed by atoms with Crippen LogP contribution < -0.4 is 0 Å². The second kappa shape index (κ2) is 5.73. The average molecular weight is 336 g/mol. The van der Waals surface area contributed by atoms with Gasteiger partial charge in [-0.05, 0) is 49.1 Å². The van der Waals surface area contributed by atoms with Crippen LogP contribution in [0.5, 0.6) is 0 Å². The van der Waals surface area contributed by atoms with Crippen LogP contribution >= 0.6 is 0 Å². The van der Waals surface area contributed by atoms with Gasteiger partial charge in [-0.25, -0.2) is 4.79 Å². The summed E-state index contributed by atoms with van der Waals surface area (Å²) in [6, 6.07) is 9.01. The lowest BCUT2D eigenvalue weighted by Crippen LogP contribution is -2.47. The Morgan fingerprint density at radius 1 is 1.32 bits per heavy atom. The number of H-pyrrole nitrogens is 1. The largest absolute Gasteiger partial charge is 0.466 e. The number of fused-ring (bicyclic) bond motifs is 6.